The maximum atomic E-state index is 5.52. The molecule has 0 unspecified atom stereocenters. The smallest absolute Gasteiger partial charge is 0.0716 e. The molecule has 15 heavy (non-hydrogen) atoms. The van der Waals surface area contributed by atoms with Gasteiger partial charge in [0.15, 0.2) is 0 Å². The highest BCUT2D eigenvalue weighted by atomic mass is 15.0. The number of hydrogen-bond acceptors (Lipinski definition) is 1. The largest absolute Gasteiger partial charge is 0.380 e. The molecule has 0 saturated carbocycles. The van der Waals surface area contributed by atoms with Gasteiger partial charge < -0.3 is 5.32 Å². The monoisotopic (exact) mass is 201 g/mol. The number of hydrogen-bond donors (Lipinski definition) is 1. The van der Waals surface area contributed by atoms with Crippen molar-refractivity contribution in [2.24, 2.45) is 0 Å². The van der Waals surface area contributed by atoms with Gasteiger partial charge in [0, 0.05) is 11.2 Å². The van der Waals surface area contributed by atoms with E-state index < -0.39 is 0 Å². The molecule has 0 aromatic heterocycles. The number of nitrogens with one attached hydrogen (secondary N) is 1. The third-order valence-electron chi connectivity index (χ3n) is 1.71. The standard InChI is InChI=1S/C13H20BN/c1-6-11(10-14)8-9-12(7-2)15-13(3,4)5/h6-9,15H,1-2,10H2,3-5H3/b11-8+,12-9+. The normalized spacial score (nSPS) is 13.5. The molecule has 2 radical (unpaired) electrons. The lowest BCUT2D eigenvalue weighted by molar-refractivity contribution is 0.479. The van der Waals surface area contributed by atoms with Crippen LogP contribution >= 0.6 is 0 Å². The van der Waals surface area contributed by atoms with E-state index in [0.29, 0.717) is 6.32 Å². The van der Waals surface area contributed by atoms with Crippen molar-refractivity contribution >= 4 is 7.85 Å². The maximum Gasteiger partial charge on any atom is 0.0716 e. The Labute approximate surface area is 95.1 Å². The van der Waals surface area contributed by atoms with Crippen molar-refractivity contribution in [2.45, 2.75) is 32.6 Å². The molecule has 0 aromatic carbocycles. The van der Waals surface area contributed by atoms with Gasteiger partial charge in [0.05, 0.1) is 7.85 Å². The molecule has 0 aliphatic carbocycles. The van der Waals surface area contributed by atoms with Gasteiger partial charge >= 0.3 is 0 Å². The van der Waals surface area contributed by atoms with Gasteiger partial charge in [-0.25, -0.2) is 0 Å². The van der Waals surface area contributed by atoms with Crippen molar-refractivity contribution in [1.29, 1.82) is 0 Å². The molecular weight excluding hydrogens is 181 g/mol. The first kappa shape index (κ1) is 13.8. The third kappa shape index (κ3) is 6.84. The van der Waals surface area contributed by atoms with Gasteiger partial charge in [-0.2, -0.15) is 0 Å². The summed E-state index contributed by atoms with van der Waals surface area (Å²) in [4.78, 5) is 0. The average Bonchev–Trinajstić information content (AvgIpc) is 2.15. The van der Waals surface area contributed by atoms with Crippen LogP contribution in [0.3, 0.4) is 0 Å². The lowest BCUT2D eigenvalue weighted by Gasteiger charge is -2.22. The minimum atomic E-state index is 0.0327. The summed E-state index contributed by atoms with van der Waals surface area (Å²) in [5, 5.41) is 3.33. The molecule has 2 heteroatoms. The lowest BCUT2D eigenvalue weighted by Crippen LogP contribution is -2.34. The van der Waals surface area contributed by atoms with Gasteiger partial charge in [-0.05, 0) is 32.9 Å². The van der Waals surface area contributed by atoms with Crippen LogP contribution in [0.2, 0.25) is 6.32 Å². The van der Waals surface area contributed by atoms with Crippen LogP contribution in [0, 0.1) is 0 Å². The van der Waals surface area contributed by atoms with E-state index in [-0.39, 0.29) is 5.54 Å². The highest BCUT2D eigenvalue weighted by molar-refractivity contribution is 6.10. The second-order valence-corrected chi connectivity index (χ2v) is 4.35. The number of allylic oxidation sites excluding steroid dienone is 5. The van der Waals surface area contributed by atoms with E-state index >= 15 is 0 Å². The zero-order chi connectivity index (χ0) is 11.9. The Bertz CT molecular complexity index is 279. The Hall–Kier alpha value is -1.18. The fourth-order valence-corrected chi connectivity index (χ4v) is 1.01. The van der Waals surface area contributed by atoms with Crippen LogP contribution < -0.4 is 5.32 Å². The molecule has 0 aliphatic heterocycles. The fourth-order valence-electron chi connectivity index (χ4n) is 1.01. The molecule has 0 amide bonds. The van der Waals surface area contributed by atoms with E-state index in [1.54, 1.807) is 12.2 Å². The summed E-state index contributed by atoms with van der Waals surface area (Å²) in [7, 11) is 5.52. The predicted octanol–water partition coefficient (Wildman–Crippen LogP) is 3.14. The maximum absolute atomic E-state index is 5.52. The molecule has 80 valence electrons. The second kappa shape index (κ2) is 6.33. The minimum Gasteiger partial charge on any atom is -0.380 e. The molecule has 0 atom stereocenters. The van der Waals surface area contributed by atoms with E-state index in [1.807, 2.05) is 12.2 Å². The first-order chi connectivity index (χ1) is 6.92. The van der Waals surface area contributed by atoms with E-state index in [4.69, 9.17) is 7.85 Å². The van der Waals surface area contributed by atoms with Crippen molar-refractivity contribution in [3.63, 3.8) is 0 Å². The Balaban J connectivity index is 4.67. The molecule has 0 fully saturated rings. The molecule has 0 saturated heterocycles. The van der Waals surface area contributed by atoms with Crippen LogP contribution in [0.25, 0.3) is 0 Å². The van der Waals surface area contributed by atoms with E-state index in [0.717, 1.165) is 11.3 Å². The van der Waals surface area contributed by atoms with Crippen molar-refractivity contribution in [3.8, 4) is 0 Å². The summed E-state index contributed by atoms with van der Waals surface area (Å²) in [6.45, 7) is 13.8. The summed E-state index contributed by atoms with van der Waals surface area (Å²) < 4.78 is 0. The zero-order valence-corrected chi connectivity index (χ0v) is 10.0. The van der Waals surface area contributed by atoms with Crippen LogP contribution in [-0.4, -0.2) is 13.4 Å². The summed E-state index contributed by atoms with van der Waals surface area (Å²) >= 11 is 0. The highest BCUT2D eigenvalue weighted by Gasteiger charge is 2.08. The predicted molar refractivity (Wildman–Crippen MR) is 70.0 cm³/mol. The first-order valence-electron chi connectivity index (χ1n) is 5.07. The lowest BCUT2D eigenvalue weighted by atomic mass is 9.96. The SMILES string of the molecule is [B]C/C(C=C)=C/C=C(\C=C)NC(C)(C)C. The highest BCUT2D eigenvalue weighted by Crippen LogP contribution is 2.06. The molecule has 0 rings (SSSR count). The van der Waals surface area contributed by atoms with Crippen LogP contribution in [0.15, 0.2) is 48.7 Å². The third-order valence-corrected chi connectivity index (χ3v) is 1.71. The first-order valence-corrected chi connectivity index (χ1v) is 5.07. The molecule has 0 heterocycles. The Morgan fingerprint density at radius 1 is 1.20 bits per heavy atom. The van der Waals surface area contributed by atoms with Gasteiger partial charge in [-0.15, -0.1) is 0 Å². The van der Waals surface area contributed by atoms with Gasteiger partial charge in [-0.3, -0.25) is 0 Å². The van der Waals surface area contributed by atoms with E-state index in [2.05, 4.69) is 39.2 Å². The summed E-state index contributed by atoms with van der Waals surface area (Å²) in [6, 6.07) is 0. The fraction of sp³-hybridized carbons (Fsp3) is 0.385. The second-order valence-electron chi connectivity index (χ2n) is 4.35. The Kier molecular flexibility index (Phi) is 5.84. The molecule has 0 bridgehead atoms. The van der Waals surface area contributed by atoms with Crippen molar-refractivity contribution in [3.05, 3.63) is 48.7 Å². The van der Waals surface area contributed by atoms with Crippen molar-refractivity contribution in [2.75, 3.05) is 0 Å². The average molecular weight is 201 g/mol. The Morgan fingerprint density at radius 3 is 2.13 bits per heavy atom. The van der Waals surface area contributed by atoms with E-state index in [9.17, 15) is 0 Å². The summed E-state index contributed by atoms with van der Waals surface area (Å²) in [5.41, 5.74) is 2.02. The van der Waals surface area contributed by atoms with Crippen LogP contribution in [-0.2, 0) is 0 Å². The van der Waals surface area contributed by atoms with Crippen LogP contribution in [0.5, 0.6) is 0 Å². The molecular formula is C13H20BN. The van der Waals surface area contributed by atoms with Gasteiger partial charge in [0.25, 0.3) is 0 Å². The van der Waals surface area contributed by atoms with Crippen molar-refractivity contribution in [1.82, 2.24) is 5.32 Å². The molecule has 1 nitrogen and oxygen atoms in total. The van der Waals surface area contributed by atoms with Gasteiger partial charge in [-0.1, -0.05) is 37.2 Å². The molecule has 0 aromatic rings. The molecule has 0 spiro atoms. The number of rotatable bonds is 5. The quantitative estimate of drug-likeness (QED) is 0.532. The van der Waals surface area contributed by atoms with Gasteiger partial charge in [0.1, 0.15) is 0 Å². The minimum absolute atomic E-state index is 0.0327. The topological polar surface area (TPSA) is 12.0 Å². The van der Waals surface area contributed by atoms with Gasteiger partial charge in [0.2, 0.25) is 0 Å². The Morgan fingerprint density at radius 2 is 1.80 bits per heavy atom. The zero-order valence-electron chi connectivity index (χ0n) is 10.0. The van der Waals surface area contributed by atoms with Crippen LogP contribution in [0.1, 0.15) is 20.8 Å². The van der Waals surface area contributed by atoms with Crippen molar-refractivity contribution < 1.29 is 0 Å². The molecule has 1 N–H and O–H groups in total. The van der Waals surface area contributed by atoms with Crippen LogP contribution in [0.4, 0.5) is 0 Å². The molecule has 0 aliphatic rings. The summed E-state index contributed by atoms with van der Waals surface area (Å²) in [6.07, 6.45) is 7.96. The summed E-state index contributed by atoms with van der Waals surface area (Å²) in [5.74, 6) is 0. The van der Waals surface area contributed by atoms with E-state index in [1.165, 1.54) is 0 Å².